The summed E-state index contributed by atoms with van der Waals surface area (Å²) in [5.74, 6) is -0.333. The number of carboxylic acid groups (broad SMARTS) is 1. The SMILES string of the molecule is COc1cc(C=C(C)C(=O)O)cc2cc(-c3cccc(F)c3)oc12. The van der Waals surface area contributed by atoms with Crippen LogP contribution in [-0.4, -0.2) is 18.2 Å². The van der Waals surface area contributed by atoms with Crippen LogP contribution in [0.3, 0.4) is 0 Å². The maximum atomic E-state index is 13.4. The van der Waals surface area contributed by atoms with Gasteiger partial charge in [-0.15, -0.1) is 0 Å². The number of carboxylic acids is 1. The second kappa shape index (κ2) is 6.20. The van der Waals surface area contributed by atoms with Gasteiger partial charge >= 0.3 is 5.97 Å². The Balaban J connectivity index is 2.15. The van der Waals surface area contributed by atoms with Crippen molar-refractivity contribution < 1.29 is 23.4 Å². The molecule has 0 amide bonds. The zero-order chi connectivity index (χ0) is 17.3. The molecule has 0 atom stereocenters. The molecule has 1 heterocycles. The molecule has 2 aromatic carbocycles. The average molecular weight is 326 g/mol. The zero-order valence-electron chi connectivity index (χ0n) is 13.2. The molecule has 1 N–H and O–H groups in total. The number of furan rings is 1. The number of methoxy groups -OCH3 is 1. The molecule has 0 radical (unpaired) electrons. The Bertz CT molecular complexity index is 953. The summed E-state index contributed by atoms with van der Waals surface area (Å²) >= 11 is 0. The molecule has 0 aliphatic heterocycles. The standard InChI is InChI=1S/C19H15FO4/c1-11(19(21)22)6-12-7-14-10-16(13-4-3-5-15(20)9-13)24-18(14)17(8-12)23-2/h3-10H,1-2H3,(H,21,22). The first-order valence-corrected chi connectivity index (χ1v) is 7.27. The summed E-state index contributed by atoms with van der Waals surface area (Å²) in [5, 5.41) is 9.76. The molecule has 122 valence electrons. The number of ether oxygens (including phenoxy) is 1. The van der Waals surface area contributed by atoms with Crippen LogP contribution in [-0.2, 0) is 4.79 Å². The van der Waals surface area contributed by atoms with Gasteiger partial charge in [0.05, 0.1) is 7.11 Å². The molecular weight excluding hydrogens is 311 g/mol. The quantitative estimate of drug-likeness (QED) is 0.704. The third-order valence-electron chi connectivity index (χ3n) is 3.65. The maximum absolute atomic E-state index is 13.4. The van der Waals surface area contributed by atoms with Crippen LogP contribution in [0.1, 0.15) is 12.5 Å². The molecule has 0 spiro atoms. The lowest BCUT2D eigenvalue weighted by molar-refractivity contribution is -0.132. The Morgan fingerprint density at radius 2 is 2.04 bits per heavy atom. The molecule has 0 aliphatic rings. The first kappa shape index (κ1) is 15.8. The van der Waals surface area contributed by atoms with E-state index in [0.717, 1.165) is 5.39 Å². The molecule has 0 unspecified atom stereocenters. The average Bonchev–Trinajstić information content (AvgIpc) is 2.98. The number of fused-ring (bicyclic) bond motifs is 1. The molecule has 0 saturated heterocycles. The van der Waals surface area contributed by atoms with E-state index in [0.29, 0.717) is 28.2 Å². The Kier molecular flexibility index (Phi) is 4.08. The van der Waals surface area contributed by atoms with Gasteiger partial charge in [0, 0.05) is 16.5 Å². The summed E-state index contributed by atoms with van der Waals surface area (Å²) < 4.78 is 24.6. The zero-order valence-corrected chi connectivity index (χ0v) is 13.2. The molecular formula is C19H15FO4. The molecule has 24 heavy (non-hydrogen) atoms. The van der Waals surface area contributed by atoms with Gasteiger partial charge in [0.2, 0.25) is 0 Å². The molecule has 4 nitrogen and oxygen atoms in total. The van der Waals surface area contributed by atoms with Gasteiger partial charge in [0.1, 0.15) is 11.6 Å². The van der Waals surface area contributed by atoms with E-state index in [1.165, 1.54) is 26.2 Å². The molecule has 3 aromatic rings. The Morgan fingerprint density at radius 1 is 1.25 bits per heavy atom. The highest BCUT2D eigenvalue weighted by Crippen LogP contribution is 2.35. The van der Waals surface area contributed by atoms with Crippen molar-refractivity contribution >= 4 is 23.0 Å². The number of carbonyl (C=O) groups is 1. The highest BCUT2D eigenvalue weighted by Gasteiger charge is 2.13. The summed E-state index contributed by atoms with van der Waals surface area (Å²) in [5.41, 5.74) is 2.05. The lowest BCUT2D eigenvalue weighted by Crippen LogP contribution is -1.95. The summed E-state index contributed by atoms with van der Waals surface area (Å²) in [7, 11) is 1.51. The van der Waals surface area contributed by atoms with Crippen molar-refractivity contribution in [2.45, 2.75) is 6.92 Å². The summed E-state index contributed by atoms with van der Waals surface area (Å²) in [6, 6.07) is 11.4. The second-order valence-electron chi connectivity index (χ2n) is 5.40. The van der Waals surface area contributed by atoms with Crippen molar-refractivity contribution in [2.24, 2.45) is 0 Å². The highest BCUT2D eigenvalue weighted by atomic mass is 19.1. The van der Waals surface area contributed by atoms with Crippen molar-refractivity contribution in [1.29, 1.82) is 0 Å². The van der Waals surface area contributed by atoms with Crippen molar-refractivity contribution in [3.05, 3.63) is 59.4 Å². The molecule has 0 fully saturated rings. The van der Waals surface area contributed by atoms with Crippen molar-refractivity contribution in [1.82, 2.24) is 0 Å². The van der Waals surface area contributed by atoms with Gasteiger partial charge in [-0.2, -0.15) is 0 Å². The topological polar surface area (TPSA) is 59.7 Å². The normalized spacial score (nSPS) is 11.7. The third kappa shape index (κ3) is 3.01. The number of rotatable bonds is 4. The van der Waals surface area contributed by atoms with Crippen LogP contribution in [0.4, 0.5) is 4.39 Å². The fraction of sp³-hybridized carbons (Fsp3) is 0.105. The van der Waals surface area contributed by atoms with E-state index in [4.69, 9.17) is 14.3 Å². The van der Waals surface area contributed by atoms with Crippen LogP contribution in [0.25, 0.3) is 28.4 Å². The highest BCUT2D eigenvalue weighted by molar-refractivity contribution is 5.94. The Labute approximate surface area is 137 Å². The van der Waals surface area contributed by atoms with Gasteiger partial charge in [-0.1, -0.05) is 12.1 Å². The van der Waals surface area contributed by atoms with E-state index in [-0.39, 0.29) is 11.4 Å². The van der Waals surface area contributed by atoms with E-state index in [1.807, 2.05) is 0 Å². The Hall–Kier alpha value is -3.08. The van der Waals surface area contributed by atoms with Gasteiger partial charge in [-0.25, -0.2) is 9.18 Å². The molecule has 1 aromatic heterocycles. The van der Waals surface area contributed by atoms with E-state index in [1.54, 1.807) is 36.4 Å². The second-order valence-corrected chi connectivity index (χ2v) is 5.40. The van der Waals surface area contributed by atoms with E-state index in [2.05, 4.69) is 0 Å². The van der Waals surface area contributed by atoms with Crippen LogP contribution in [0.5, 0.6) is 5.75 Å². The van der Waals surface area contributed by atoms with Crippen molar-refractivity contribution in [2.75, 3.05) is 7.11 Å². The van der Waals surface area contributed by atoms with Gasteiger partial charge in [-0.3, -0.25) is 0 Å². The predicted molar refractivity (Wildman–Crippen MR) is 89.4 cm³/mol. The van der Waals surface area contributed by atoms with Gasteiger partial charge in [0.15, 0.2) is 11.3 Å². The number of aliphatic carboxylic acids is 1. The van der Waals surface area contributed by atoms with Crippen LogP contribution in [0, 0.1) is 5.82 Å². The molecule has 0 bridgehead atoms. The smallest absolute Gasteiger partial charge is 0.331 e. The van der Waals surface area contributed by atoms with Crippen LogP contribution >= 0.6 is 0 Å². The minimum atomic E-state index is -0.985. The molecule has 0 saturated carbocycles. The monoisotopic (exact) mass is 326 g/mol. The first-order chi connectivity index (χ1) is 11.5. The van der Waals surface area contributed by atoms with Crippen LogP contribution in [0.2, 0.25) is 0 Å². The number of hydrogen-bond donors (Lipinski definition) is 1. The fourth-order valence-corrected chi connectivity index (χ4v) is 2.47. The molecule has 3 rings (SSSR count). The molecule has 0 aliphatic carbocycles. The lowest BCUT2D eigenvalue weighted by Gasteiger charge is -2.03. The third-order valence-corrected chi connectivity index (χ3v) is 3.65. The minimum absolute atomic E-state index is 0.213. The minimum Gasteiger partial charge on any atom is -0.493 e. The van der Waals surface area contributed by atoms with E-state index < -0.39 is 5.97 Å². The van der Waals surface area contributed by atoms with Crippen molar-refractivity contribution in [3.63, 3.8) is 0 Å². The van der Waals surface area contributed by atoms with Crippen molar-refractivity contribution in [3.8, 4) is 17.1 Å². The lowest BCUT2D eigenvalue weighted by atomic mass is 10.1. The van der Waals surface area contributed by atoms with E-state index in [9.17, 15) is 9.18 Å². The predicted octanol–water partition coefficient (Wildman–Crippen LogP) is 4.74. The summed E-state index contributed by atoms with van der Waals surface area (Å²) in [6.45, 7) is 1.52. The number of benzene rings is 2. The largest absolute Gasteiger partial charge is 0.493 e. The van der Waals surface area contributed by atoms with Gasteiger partial charge < -0.3 is 14.3 Å². The number of hydrogen-bond acceptors (Lipinski definition) is 3. The van der Waals surface area contributed by atoms with Gasteiger partial charge in [0.25, 0.3) is 0 Å². The van der Waals surface area contributed by atoms with Gasteiger partial charge in [-0.05, 0) is 48.9 Å². The van der Waals surface area contributed by atoms with E-state index >= 15 is 0 Å². The van der Waals surface area contributed by atoms with Crippen LogP contribution < -0.4 is 4.74 Å². The van der Waals surface area contributed by atoms with Crippen LogP contribution in [0.15, 0.2) is 52.5 Å². The number of halogens is 1. The summed E-state index contributed by atoms with van der Waals surface area (Å²) in [4.78, 5) is 11.0. The Morgan fingerprint density at radius 3 is 2.71 bits per heavy atom. The maximum Gasteiger partial charge on any atom is 0.331 e. The molecule has 5 heteroatoms. The fourth-order valence-electron chi connectivity index (χ4n) is 2.47. The first-order valence-electron chi connectivity index (χ1n) is 7.27. The summed E-state index contributed by atoms with van der Waals surface area (Å²) in [6.07, 6.45) is 1.55.